The smallest absolute Gasteiger partial charge is 0.261 e. The van der Waals surface area contributed by atoms with E-state index in [2.05, 4.69) is 127 Å². The predicted octanol–water partition coefficient (Wildman–Crippen LogP) is 5.81. The van der Waals surface area contributed by atoms with E-state index in [1.54, 1.807) is 0 Å². The molecule has 0 spiro atoms. The first-order valence-corrected chi connectivity index (χ1v) is 18.0. The van der Waals surface area contributed by atoms with Crippen molar-refractivity contribution in [1.82, 2.24) is 5.06 Å². The maximum atomic E-state index is 10.9. The van der Waals surface area contributed by atoms with Crippen LogP contribution in [-0.4, -0.2) is 52.2 Å². The molecule has 0 aliphatic carbocycles. The summed E-state index contributed by atoms with van der Waals surface area (Å²) in [5.74, 6) is 6.59. The zero-order valence-corrected chi connectivity index (χ0v) is 25.5. The van der Waals surface area contributed by atoms with Gasteiger partial charge in [-0.05, 0) is 46.4 Å². The lowest BCUT2D eigenvalue weighted by Crippen LogP contribution is -2.69. The van der Waals surface area contributed by atoms with Crippen molar-refractivity contribution >= 4 is 27.0 Å². The van der Waals surface area contributed by atoms with Gasteiger partial charge in [-0.25, -0.2) is 0 Å². The molecule has 3 rings (SSSR count). The number of piperidine rings is 1. The van der Waals surface area contributed by atoms with Crippen molar-refractivity contribution in [1.29, 1.82) is 0 Å². The van der Waals surface area contributed by atoms with E-state index < -0.39 is 16.6 Å². The molecule has 1 fully saturated rings. The molecule has 0 radical (unpaired) electrons. The van der Waals surface area contributed by atoms with Crippen molar-refractivity contribution in [2.75, 3.05) is 13.2 Å². The molecule has 2 aromatic carbocycles. The van der Waals surface area contributed by atoms with Crippen LogP contribution in [0.2, 0.25) is 23.2 Å². The van der Waals surface area contributed by atoms with Crippen LogP contribution in [0.1, 0.15) is 54.4 Å². The summed E-state index contributed by atoms with van der Waals surface area (Å²) < 4.78 is 13.6. The third-order valence-electron chi connectivity index (χ3n) is 7.86. The standard InChI is InChI=1S/C30H45NO3Si2/c1-29(2,3)35(7,8)33-24-16-21-27-28(22-15-23-31(27)32)34-36(30(4,5)6,25-17-11-9-12-18-25)26-19-13-10-14-20-26/h9-14,17-20,27-28,32H,15,22-24H2,1-8H3/t27-,28+/m1/s1. The Morgan fingerprint density at radius 1 is 0.889 bits per heavy atom. The summed E-state index contributed by atoms with van der Waals surface area (Å²) in [6.07, 6.45) is 1.54. The molecule has 2 aromatic rings. The molecule has 1 aliphatic heterocycles. The Morgan fingerprint density at radius 2 is 1.42 bits per heavy atom. The monoisotopic (exact) mass is 523 g/mol. The highest BCUT2D eigenvalue weighted by atomic mass is 28.4. The van der Waals surface area contributed by atoms with Gasteiger partial charge in [-0.2, -0.15) is 5.06 Å². The molecule has 2 atom stereocenters. The van der Waals surface area contributed by atoms with Crippen molar-refractivity contribution in [2.24, 2.45) is 0 Å². The van der Waals surface area contributed by atoms with Crippen molar-refractivity contribution in [2.45, 2.75) is 89.7 Å². The van der Waals surface area contributed by atoms with Gasteiger partial charge in [-0.3, -0.25) is 0 Å². The molecule has 1 saturated heterocycles. The first-order valence-electron chi connectivity index (χ1n) is 13.2. The summed E-state index contributed by atoms with van der Waals surface area (Å²) in [6.45, 7) is 19.0. The van der Waals surface area contributed by atoms with Gasteiger partial charge in [0.15, 0.2) is 8.32 Å². The third kappa shape index (κ3) is 6.21. The molecule has 0 amide bonds. The fraction of sp³-hybridized carbons (Fsp3) is 0.533. The van der Waals surface area contributed by atoms with Crippen LogP contribution in [-0.2, 0) is 8.85 Å². The fourth-order valence-electron chi connectivity index (χ4n) is 4.73. The minimum Gasteiger partial charge on any atom is -0.406 e. The molecule has 0 saturated carbocycles. The van der Waals surface area contributed by atoms with Gasteiger partial charge in [0.1, 0.15) is 6.04 Å². The maximum Gasteiger partial charge on any atom is 0.261 e. The van der Waals surface area contributed by atoms with Crippen LogP contribution in [0.5, 0.6) is 0 Å². The van der Waals surface area contributed by atoms with E-state index in [0.717, 1.165) is 12.8 Å². The third-order valence-corrected chi connectivity index (χ3v) is 17.4. The van der Waals surface area contributed by atoms with Gasteiger partial charge in [-0.1, -0.05) is 114 Å². The predicted molar refractivity (Wildman–Crippen MR) is 155 cm³/mol. The molecule has 4 nitrogen and oxygen atoms in total. The van der Waals surface area contributed by atoms with Crippen LogP contribution >= 0.6 is 0 Å². The zero-order chi connectivity index (χ0) is 26.6. The topological polar surface area (TPSA) is 41.9 Å². The Hall–Kier alpha value is -1.73. The number of hydroxylamine groups is 2. The van der Waals surface area contributed by atoms with Crippen LogP contribution in [0.25, 0.3) is 0 Å². The average Bonchev–Trinajstić information content (AvgIpc) is 2.81. The van der Waals surface area contributed by atoms with Gasteiger partial charge in [-0.15, -0.1) is 0 Å². The Kier molecular flexibility index (Phi) is 9.09. The van der Waals surface area contributed by atoms with Gasteiger partial charge in [0.2, 0.25) is 0 Å². The van der Waals surface area contributed by atoms with Crippen LogP contribution in [0, 0.1) is 11.8 Å². The van der Waals surface area contributed by atoms with Crippen molar-refractivity contribution in [3.05, 3.63) is 60.7 Å². The highest BCUT2D eigenvalue weighted by Crippen LogP contribution is 2.39. The van der Waals surface area contributed by atoms with E-state index in [-0.39, 0.29) is 22.2 Å². The molecule has 36 heavy (non-hydrogen) atoms. The lowest BCUT2D eigenvalue weighted by atomic mass is 10.0. The lowest BCUT2D eigenvalue weighted by molar-refractivity contribution is -0.153. The molecule has 0 bridgehead atoms. The molecule has 0 unspecified atom stereocenters. The first kappa shape index (κ1) is 28.8. The molecule has 1 N–H and O–H groups in total. The fourth-order valence-corrected chi connectivity index (χ4v) is 10.3. The van der Waals surface area contributed by atoms with Gasteiger partial charge >= 0.3 is 0 Å². The van der Waals surface area contributed by atoms with E-state index in [1.807, 2.05) is 0 Å². The Morgan fingerprint density at radius 3 is 1.89 bits per heavy atom. The van der Waals surface area contributed by atoms with Crippen LogP contribution in [0.15, 0.2) is 60.7 Å². The number of nitrogens with zero attached hydrogens (tertiary/aromatic N) is 1. The minimum absolute atomic E-state index is 0.128. The van der Waals surface area contributed by atoms with E-state index in [1.165, 1.54) is 15.4 Å². The van der Waals surface area contributed by atoms with Crippen LogP contribution in [0.4, 0.5) is 0 Å². The second-order valence-corrected chi connectivity index (χ2v) is 21.5. The van der Waals surface area contributed by atoms with Gasteiger partial charge in [0, 0.05) is 6.54 Å². The molecule has 1 aliphatic rings. The van der Waals surface area contributed by atoms with Crippen LogP contribution < -0.4 is 10.4 Å². The van der Waals surface area contributed by atoms with E-state index in [4.69, 9.17) is 8.85 Å². The normalized spacial score (nSPS) is 20.0. The Bertz CT molecular complexity index is 994. The summed E-state index contributed by atoms with van der Waals surface area (Å²) in [5.41, 5.74) is 0. The molecule has 196 valence electrons. The van der Waals surface area contributed by atoms with Gasteiger partial charge in [0.25, 0.3) is 8.32 Å². The van der Waals surface area contributed by atoms with E-state index >= 15 is 0 Å². The second-order valence-electron chi connectivity index (χ2n) is 12.4. The van der Waals surface area contributed by atoms with E-state index in [9.17, 15) is 5.21 Å². The number of hydrogen-bond acceptors (Lipinski definition) is 4. The van der Waals surface area contributed by atoms with Crippen molar-refractivity contribution < 1.29 is 14.1 Å². The highest BCUT2D eigenvalue weighted by molar-refractivity contribution is 6.99. The van der Waals surface area contributed by atoms with Crippen LogP contribution in [0.3, 0.4) is 0 Å². The summed E-state index contributed by atoms with van der Waals surface area (Å²) in [6, 6.07) is 21.0. The number of benzene rings is 2. The van der Waals surface area contributed by atoms with Gasteiger partial charge < -0.3 is 14.1 Å². The number of rotatable bonds is 6. The molecule has 6 heteroatoms. The average molecular weight is 524 g/mol. The highest BCUT2D eigenvalue weighted by Gasteiger charge is 2.52. The Balaban J connectivity index is 1.98. The van der Waals surface area contributed by atoms with Crippen molar-refractivity contribution in [3.63, 3.8) is 0 Å². The van der Waals surface area contributed by atoms with Gasteiger partial charge in [0.05, 0.1) is 12.7 Å². The summed E-state index contributed by atoms with van der Waals surface area (Å²) in [4.78, 5) is 0. The zero-order valence-electron chi connectivity index (χ0n) is 23.5. The quantitative estimate of drug-likeness (QED) is 0.383. The summed E-state index contributed by atoms with van der Waals surface area (Å²) >= 11 is 0. The maximum absolute atomic E-state index is 10.9. The van der Waals surface area contributed by atoms with E-state index in [0.29, 0.717) is 13.2 Å². The summed E-state index contributed by atoms with van der Waals surface area (Å²) in [7, 11) is -4.62. The minimum atomic E-state index is -2.74. The molecule has 0 aromatic heterocycles. The molecule has 1 heterocycles. The molecular formula is C30H45NO3Si2. The largest absolute Gasteiger partial charge is 0.406 e. The van der Waals surface area contributed by atoms with Crippen molar-refractivity contribution in [3.8, 4) is 11.8 Å². The first-order chi connectivity index (χ1) is 16.8. The second kappa shape index (κ2) is 11.3. The molecular weight excluding hydrogens is 479 g/mol. The number of hydrogen-bond donors (Lipinski definition) is 1. The SMILES string of the molecule is CC(C)(C)[Si](C)(C)OCC#C[C@@H]1[C@@H](O[Si](c2ccccc2)(c2ccccc2)C(C)(C)C)CCCN1O. The lowest BCUT2D eigenvalue weighted by Gasteiger charge is -2.47. The summed E-state index contributed by atoms with van der Waals surface area (Å²) in [5, 5.41) is 14.8. The Labute approximate surface area is 221 Å².